The van der Waals surface area contributed by atoms with E-state index < -0.39 is 0 Å². The molecule has 0 bridgehead atoms. The molecule has 0 radical (unpaired) electrons. The molecular formula is C18H29N3O3S2. The number of esters is 1. The van der Waals surface area contributed by atoms with Crippen LogP contribution in [0.2, 0.25) is 0 Å². The lowest BCUT2D eigenvalue weighted by Gasteiger charge is -2.18. The number of anilines is 1. The molecule has 2 N–H and O–H groups in total. The maximum atomic E-state index is 12.2. The van der Waals surface area contributed by atoms with E-state index in [4.69, 9.17) is 22.7 Å². The van der Waals surface area contributed by atoms with Crippen LogP contribution in [0.1, 0.15) is 51.6 Å². The minimum atomic E-state index is -0.167. The number of nitrogens with zero attached hydrogens (tertiary/aromatic N) is 2. The summed E-state index contributed by atoms with van der Waals surface area (Å²) in [5, 5.41) is 0. The van der Waals surface area contributed by atoms with Crippen molar-refractivity contribution in [1.82, 2.24) is 9.13 Å². The number of allylic oxidation sites excluding steroid dienone is 2. The summed E-state index contributed by atoms with van der Waals surface area (Å²) in [7, 11) is 3.35. The number of thioether (sulfide) groups is 1. The van der Waals surface area contributed by atoms with Crippen molar-refractivity contribution >= 4 is 35.6 Å². The van der Waals surface area contributed by atoms with Crippen LogP contribution in [0.15, 0.2) is 15.8 Å². The Labute approximate surface area is 164 Å². The van der Waals surface area contributed by atoms with Crippen LogP contribution in [0, 0.1) is 4.64 Å². The van der Waals surface area contributed by atoms with Gasteiger partial charge in [-0.2, -0.15) is 0 Å². The van der Waals surface area contributed by atoms with Gasteiger partial charge in [-0.05, 0) is 37.3 Å². The van der Waals surface area contributed by atoms with Gasteiger partial charge in [0.25, 0.3) is 0 Å². The molecule has 146 valence electrons. The highest BCUT2D eigenvalue weighted by Crippen LogP contribution is 2.26. The van der Waals surface area contributed by atoms with Crippen LogP contribution in [-0.4, -0.2) is 27.5 Å². The van der Waals surface area contributed by atoms with Gasteiger partial charge in [0.2, 0.25) is 0 Å². The van der Waals surface area contributed by atoms with Crippen molar-refractivity contribution in [2.24, 2.45) is 14.1 Å². The number of nitrogen functional groups attached to an aromatic ring is 1. The first-order valence-electron chi connectivity index (χ1n) is 8.71. The maximum Gasteiger partial charge on any atom is 0.328 e. The van der Waals surface area contributed by atoms with E-state index in [0.717, 1.165) is 24.3 Å². The van der Waals surface area contributed by atoms with Crippen molar-refractivity contribution < 1.29 is 9.53 Å². The van der Waals surface area contributed by atoms with Crippen LogP contribution in [0.3, 0.4) is 0 Å². The average molecular weight is 400 g/mol. The number of hydrogen-bond acceptors (Lipinski definition) is 6. The first kappa shape index (κ1) is 22.5. The van der Waals surface area contributed by atoms with E-state index >= 15 is 0 Å². The minimum absolute atomic E-state index is 0.0747. The van der Waals surface area contributed by atoms with Crippen molar-refractivity contribution in [2.45, 2.75) is 46.0 Å². The zero-order valence-electron chi connectivity index (χ0n) is 16.2. The quantitative estimate of drug-likeness (QED) is 0.389. The molecule has 0 saturated heterocycles. The fourth-order valence-electron chi connectivity index (χ4n) is 2.68. The highest BCUT2D eigenvalue weighted by molar-refractivity contribution is 8.03. The van der Waals surface area contributed by atoms with Gasteiger partial charge >= 0.3 is 11.7 Å². The monoisotopic (exact) mass is 399 g/mol. The van der Waals surface area contributed by atoms with Gasteiger partial charge in [-0.25, -0.2) is 4.79 Å². The van der Waals surface area contributed by atoms with Crippen LogP contribution >= 0.6 is 24.0 Å². The average Bonchev–Trinajstić information content (AvgIpc) is 2.60. The standard InChI is InChI=1S/C18H29N3O3S2/c1-6-24-14(22)8-7-11-26-13(3)10-9-12(2)16-15(19)17(25)21(5)18(23)20(16)4/h10,12H,6-9,11,19H2,1-5H3/b13-10-. The molecule has 0 aliphatic carbocycles. The first-order chi connectivity index (χ1) is 12.2. The van der Waals surface area contributed by atoms with Gasteiger partial charge in [-0.1, -0.05) is 25.2 Å². The molecule has 1 atom stereocenters. The second kappa shape index (κ2) is 10.6. The lowest BCUT2D eigenvalue weighted by atomic mass is 10.0. The molecule has 1 aromatic heterocycles. The Kier molecular flexibility index (Phi) is 9.15. The van der Waals surface area contributed by atoms with Gasteiger partial charge in [0.15, 0.2) is 0 Å². The zero-order chi connectivity index (χ0) is 19.9. The highest BCUT2D eigenvalue weighted by atomic mass is 32.2. The third-order valence-electron chi connectivity index (χ3n) is 4.13. The maximum absolute atomic E-state index is 12.2. The molecule has 0 fully saturated rings. The Morgan fingerprint density at radius 2 is 2.04 bits per heavy atom. The summed E-state index contributed by atoms with van der Waals surface area (Å²) in [5.41, 5.74) is 7.25. The molecule has 0 aromatic carbocycles. The van der Waals surface area contributed by atoms with Gasteiger partial charge in [-0.3, -0.25) is 13.9 Å². The number of ether oxygens (including phenoxy) is 1. The van der Waals surface area contributed by atoms with Crippen LogP contribution in [-0.2, 0) is 23.6 Å². The number of nitrogens with two attached hydrogens (primary N) is 1. The van der Waals surface area contributed by atoms with Gasteiger partial charge in [0.1, 0.15) is 4.64 Å². The Bertz CT molecular complexity index is 744. The van der Waals surface area contributed by atoms with Crippen molar-refractivity contribution in [2.75, 3.05) is 18.1 Å². The van der Waals surface area contributed by atoms with Crippen molar-refractivity contribution in [3.05, 3.63) is 31.8 Å². The molecule has 8 heteroatoms. The van der Waals surface area contributed by atoms with E-state index in [1.54, 1.807) is 30.4 Å². The van der Waals surface area contributed by atoms with Crippen LogP contribution in [0.25, 0.3) is 0 Å². The smallest absolute Gasteiger partial charge is 0.328 e. The normalized spacial score (nSPS) is 12.9. The molecule has 26 heavy (non-hydrogen) atoms. The molecule has 1 heterocycles. The predicted molar refractivity (Wildman–Crippen MR) is 111 cm³/mol. The van der Waals surface area contributed by atoms with Crippen molar-refractivity contribution in [3.63, 3.8) is 0 Å². The topological polar surface area (TPSA) is 79.2 Å². The van der Waals surface area contributed by atoms with E-state index in [0.29, 0.717) is 23.4 Å². The molecule has 0 aliphatic rings. The number of carbonyl (C=O) groups is 1. The fourth-order valence-corrected chi connectivity index (χ4v) is 3.69. The van der Waals surface area contributed by atoms with E-state index in [-0.39, 0.29) is 17.6 Å². The van der Waals surface area contributed by atoms with Gasteiger partial charge in [0.05, 0.1) is 18.0 Å². The van der Waals surface area contributed by atoms with Gasteiger partial charge in [-0.15, -0.1) is 11.8 Å². The number of carbonyl (C=O) groups excluding carboxylic acids is 1. The van der Waals surface area contributed by atoms with Crippen molar-refractivity contribution in [1.29, 1.82) is 0 Å². The third-order valence-corrected chi connectivity index (χ3v) is 5.74. The molecule has 0 aliphatic heterocycles. The second-order valence-corrected chi connectivity index (χ2v) is 7.94. The second-order valence-electron chi connectivity index (χ2n) is 6.21. The molecule has 6 nitrogen and oxygen atoms in total. The van der Waals surface area contributed by atoms with E-state index in [1.807, 2.05) is 20.8 Å². The van der Waals surface area contributed by atoms with Gasteiger partial charge < -0.3 is 10.5 Å². The number of rotatable bonds is 9. The Balaban J connectivity index is 2.67. The summed E-state index contributed by atoms with van der Waals surface area (Å²) in [6.45, 7) is 6.33. The summed E-state index contributed by atoms with van der Waals surface area (Å²) >= 11 is 6.98. The third kappa shape index (κ3) is 6.02. The summed E-state index contributed by atoms with van der Waals surface area (Å²) in [6, 6.07) is 0. The Morgan fingerprint density at radius 3 is 2.65 bits per heavy atom. The lowest BCUT2D eigenvalue weighted by molar-refractivity contribution is -0.143. The molecule has 0 spiro atoms. The van der Waals surface area contributed by atoms with Crippen LogP contribution < -0.4 is 11.4 Å². The summed E-state index contributed by atoms with van der Waals surface area (Å²) < 4.78 is 8.26. The number of aromatic nitrogens is 2. The summed E-state index contributed by atoms with van der Waals surface area (Å²) in [6.07, 6.45) is 4.14. The van der Waals surface area contributed by atoms with Crippen molar-refractivity contribution in [3.8, 4) is 0 Å². The lowest BCUT2D eigenvalue weighted by Crippen LogP contribution is -2.32. The fraction of sp³-hybridized carbons (Fsp3) is 0.611. The Hall–Kier alpha value is -1.54. The summed E-state index contributed by atoms with van der Waals surface area (Å²) in [4.78, 5) is 24.7. The minimum Gasteiger partial charge on any atom is -0.466 e. The SMILES string of the molecule is CCOC(=O)CCCS/C(C)=C\CC(C)c1c(N)c(=S)n(C)c(=O)n1C. The van der Waals surface area contributed by atoms with E-state index in [1.165, 1.54) is 9.47 Å². The predicted octanol–water partition coefficient (Wildman–Crippen LogP) is 3.51. The first-order valence-corrected chi connectivity index (χ1v) is 10.1. The molecule has 1 rings (SSSR count). The highest BCUT2D eigenvalue weighted by Gasteiger charge is 2.16. The molecular weight excluding hydrogens is 370 g/mol. The molecule has 0 amide bonds. The summed E-state index contributed by atoms with van der Waals surface area (Å²) in [5.74, 6) is 0.801. The van der Waals surface area contributed by atoms with Crippen LogP contribution in [0.5, 0.6) is 0 Å². The van der Waals surface area contributed by atoms with E-state index in [2.05, 4.69) is 6.08 Å². The van der Waals surface area contributed by atoms with Gasteiger partial charge in [0, 0.05) is 26.4 Å². The van der Waals surface area contributed by atoms with E-state index in [9.17, 15) is 9.59 Å². The zero-order valence-corrected chi connectivity index (χ0v) is 17.8. The molecule has 0 saturated carbocycles. The largest absolute Gasteiger partial charge is 0.466 e. The Morgan fingerprint density at radius 1 is 1.38 bits per heavy atom. The van der Waals surface area contributed by atoms with Crippen LogP contribution in [0.4, 0.5) is 5.69 Å². The molecule has 1 unspecified atom stereocenters. The number of hydrogen-bond donors (Lipinski definition) is 1. The molecule has 1 aromatic rings.